The minimum Gasteiger partial charge on any atom is -0.465 e. The Balaban J connectivity index is 1.43. The monoisotopic (exact) mass is 645 g/mol. The number of piperidine rings is 1. The van der Waals surface area contributed by atoms with Crippen molar-refractivity contribution in [3.63, 3.8) is 0 Å². The van der Waals surface area contributed by atoms with Crippen LogP contribution in [0.1, 0.15) is 87.5 Å². The number of pyridine rings is 2. The van der Waals surface area contributed by atoms with Crippen LogP contribution in [0.2, 0.25) is 0 Å². The van der Waals surface area contributed by atoms with Crippen LogP contribution >= 0.6 is 0 Å². The zero-order chi connectivity index (χ0) is 34.4. The molecule has 1 N–H and O–H groups in total. The first-order valence-corrected chi connectivity index (χ1v) is 15.6. The first-order chi connectivity index (χ1) is 22.1. The Bertz CT molecular complexity index is 1550. The summed E-state index contributed by atoms with van der Waals surface area (Å²) < 4.78 is 11.0. The van der Waals surface area contributed by atoms with E-state index < -0.39 is 29.5 Å². The molecule has 0 spiro atoms. The van der Waals surface area contributed by atoms with Gasteiger partial charge in [0.1, 0.15) is 11.2 Å². The van der Waals surface area contributed by atoms with Crippen molar-refractivity contribution in [1.29, 1.82) is 0 Å². The molecule has 2 aromatic heterocycles. The maximum Gasteiger partial charge on any atom is 0.420 e. The smallest absolute Gasteiger partial charge is 0.420 e. The topological polar surface area (TPSA) is 142 Å². The highest BCUT2D eigenvalue weighted by Gasteiger charge is 2.32. The molecule has 1 aliphatic rings. The molecule has 3 aromatic rings. The number of carbonyl (C=O) groups is 4. The second kappa shape index (κ2) is 14.6. The molecule has 12 nitrogen and oxygen atoms in total. The number of imide groups is 1. The van der Waals surface area contributed by atoms with Crippen molar-refractivity contribution >= 4 is 29.9 Å². The van der Waals surface area contributed by atoms with Gasteiger partial charge in [-0.3, -0.25) is 19.7 Å². The van der Waals surface area contributed by atoms with Crippen molar-refractivity contribution in [2.45, 2.75) is 84.6 Å². The van der Waals surface area contributed by atoms with Gasteiger partial charge in [0.05, 0.1) is 36.2 Å². The Morgan fingerprint density at radius 2 is 1.53 bits per heavy atom. The van der Waals surface area contributed by atoms with Crippen molar-refractivity contribution in [3.05, 3.63) is 89.5 Å². The Labute approximate surface area is 275 Å². The van der Waals surface area contributed by atoms with Gasteiger partial charge in [0, 0.05) is 25.5 Å². The van der Waals surface area contributed by atoms with Crippen LogP contribution in [-0.2, 0) is 22.6 Å². The lowest BCUT2D eigenvalue weighted by Gasteiger charge is -2.33. The van der Waals surface area contributed by atoms with Gasteiger partial charge in [-0.15, -0.1) is 0 Å². The third-order valence-electron chi connectivity index (χ3n) is 7.33. The van der Waals surface area contributed by atoms with Crippen LogP contribution in [0.3, 0.4) is 0 Å². The number of likely N-dealkylation sites (tertiary alicyclic amines) is 1. The van der Waals surface area contributed by atoms with Gasteiger partial charge >= 0.3 is 18.3 Å². The molecule has 1 saturated heterocycles. The van der Waals surface area contributed by atoms with Gasteiger partial charge in [-0.25, -0.2) is 19.3 Å². The average molecular weight is 646 g/mol. The number of carboxylic acid groups (broad SMARTS) is 1. The summed E-state index contributed by atoms with van der Waals surface area (Å²) in [6, 6.07) is 14.5. The molecule has 4 amide bonds. The predicted molar refractivity (Wildman–Crippen MR) is 175 cm³/mol. The second-order valence-electron chi connectivity index (χ2n) is 13.5. The summed E-state index contributed by atoms with van der Waals surface area (Å²) >= 11 is 0. The van der Waals surface area contributed by atoms with Crippen LogP contribution in [0.15, 0.2) is 67.1 Å². The molecule has 0 saturated carbocycles. The Kier molecular flexibility index (Phi) is 10.8. The largest absolute Gasteiger partial charge is 0.465 e. The van der Waals surface area contributed by atoms with Crippen LogP contribution in [0.25, 0.3) is 0 Å². The third-order valence-corrected chi connectivity index (χ3v) is 7.33. The fourth-order valence-corrected chi connectivity index (χ4v) is 5.18. The number of amides is 4. The Hall–Kier alpha value is -5.00. The molecule has 0 unspecified atom stereocenters. The first kappa shape index (κ1) is 34.9. The highest BCUT2D eigenvalue weighted by molar-refractivity contribution is 5.96. The van der Waals surface area contributed by atoms with E-state index in [2.05, 4.69) is 9.97 Å². The molecule has 0 atom stereocenters. The molecule has 47 heavy (non-hydrogen) atoms. The van der Waals surface area contributed by atoms with Crippen LogP contribution in [0.5, 0.6) is 0 Å². The first-order valence-electron chi connectivity index (χ1n) is 15.6. The SMILES string of the molecule is CC(C)(C)OC(=O)N(Cc1cccc(C2CCN(C(=O)c3cncc(N(Cc4ccccn4)C(=O)O)c3)CC2)c1)C(=O)OC(C)(C)C. The van der Waals surface area contributed by atoms with Gasteiger partial charge < -0.3 is 19.5 Å². The quantitative estimate of drug-likeness (QED) is 0.292. The number of hydrogen-bond acceptors (Lipinski definition) is 8. The van der Waals surface area contributed by atoms with Crippen LogP contribution in [0, 0.1) is 0 Å². The van der Waals surface area contributed by atoms with Gasteiger partial charge in [0.15, 0.2) is 0 Å². The number of ether oxygens (including phenoxy) is 2. The number of anilines is 1. The minimum atomic E-state index is -1.18. The molecule has 0 bridgehead atoms. The van der Waals surface area contributed by atoms with E-state index >= 15 is 0 Å². The van der Waals surface area contributed by atoms with Crippen LogP contribution in [-0.4, -0.2) is 73.4 Å². The maximum absolute atomic E-state index is 13.5. The predicted octanol–water partition coefficient (Wildman–Crippen LogP) is 6.85. The van der Waals surface area contributed by atoms with E-state index in [0.29, 0.717) is 37.2 Å². The number of aromatic nitrogens is 2. The van der Waals surface area contributed by atoms with Crippen molar-refractivity contribution in [3.8, 4) is 0 Å². The Morgan fingerprint density at radius 1 is 0.872 bits per heavy atom. The summed E-state index contributed by atoms with van der Waals surface area (Å²) in [6.45, 7) is 11.4. The van der Waals surface area contributed by atoms with Gasteiger partial charge in [-0.2, -0.15) is 0 Å². The second-order valence-corrected chi connectivity index (χ2v) is 13.5. The van der Waals surface area contributed by atoms with E-state index in [9.17, 15) is 24.3 Å². The van der Waals surface area contributed by atoms with Gasteiger partial charge in [-0.1, -0.05) is 30.3 Å². The summed E-state index contributed by atoms with van der Waals surface area (Å²) in [5, 5.41) is 9.84. The fourth-order valence-electron chi connectivity index (χ4n) is 5.18. The summed E-state index contributed by atoms with van der Waals surface area (Å²) in [6.07, 6.45) is 3.11. The van der Waals surface area contributed by atoms with Gasteiger partial charge in [-0.05, 0) is 89.6 Å². The van der Waals surface area contributed by atoms with E-state index in [1.165, 1.54) is 12.4 Å². The number of hydrogen-bond donors (Lipinski definition) is 1. The molecule has 0 radical (unpaired) electrons. The van der Waals surface area contributed by atoms with E-state index in [4.69, 9.17) is 9.47 Å². The average Bonchev–Trinajstić information content (AvgIpc) is 3.01. The molecule has 12 heteroatoms. The molecule has 1 aliphatic heterocycles. The van der Waals surface area contributed by atoms with Crippen molar-refractivity contribution in [1.82, 2.24) is 19.8 Å². The number of benzene rings is 1. The van der Waals surface area contributed by atoms with E-state index in [-0.39, 0.29) is 30.6 Å². The Morgan fingerprint density at radius 3 is 2.11 bits per heavy atom. The van der Waals surface area contributed by atoms with Crippen LogP contribution < -0.4 is 4.90 Å². The lowest BCUT2D eigenvalue weighted by atomic mass is 9.88. The molecular weight excluding hydrogens is 602 g/mol. The normalized spacial score (nSPS) is 13.9. The molecular formula is C35H43N5O7. The molecule has 250 valence electrons. The van der Waals surface area contributed by atoms with E-state index in [1.54, 1.807) is 76.9 Å². The molecule has 1 aromatic carbocycles. The summed E-state index contributed by atoms with van der Waals surface area (Å²) in [4.78, 5) is 63.7. The summed E-state index contributed by atoms with van der Waals surface area (Å²) in [5.41, 5.74) is 1.36. The molecule has 0 aliphatic carbocycles. The molecule has 3 heterocycles. The standard InChI is InChI=1S/C35H43N5O7/c1-34(2,3)46-32(44)40(33(45)47-35(4,5)6)22-24-10-9-11-26(18-24)25-13-16-38(17-14-25)30(41)27-19-29(21-36-20-27)39(31(42)43)23-28-12-7-8-15-37-28/h7-12,15,18-21,25H,13-14,16-17,22-23H2,1-6H3,(H,42,43). The summed E-state index contributed by atoms with van der Waals surface area (Å²) in [7, 11) is 0. The van der Waals surface area contributed by atoms with Crippen LogP contribution in [0.4, 0.5) is 20.1 Å². The van der Waals surface area contributed by atoms with Crippen molar-refractivity contribution in [2.75, 3.05) is 18.0 Å². The number of rotatable bonds is 7. The highest BCUT2D eigenvalue weighted by Crippen LogP contribution is 2.30. The highest BCUT2D eigenvalue weighted by atomic mass is 16.6. The fraction of sp³-hybridized carbons (Fsp3) is 0.429. The minimum absolute atomic E-state index is 0.0211. The van der Waals surface area contributed by atoms with Gasteiger partial charge in [0.25, 0.3) is 5.91 Å². The zero-order valence-electron chi connectivity index (χ0n) is 27.8. The van der Waals surface area contributed by atoms with E-state index in [0.717, 1.165) is 20.9 Å². The lowest BCUT2D eigenvalue weighted by molar-refractivity contribution is -0.000288. The van der Waals surface area contributed by atoms with Crippen molar-refractivity contribution < 1.29 is 33.8 Å². The molecule has 1 fully saturated rings. The number of carbonyl (C=O) groups excluding carboxylic acids is 3. The van der Waals surface area contributed by atoms with E-state index in [1.807, 2.05) is 24.3 Å². The van der Waals surface area contributed by atoms with Crippen molar-refractivity contribution in [2.24, 2.45) is 0 Å². The molecule has 4 rings (SSSR count). The maximum atomic E-state index is 13.5. The summed E-state index contributed by atoms with van der Waals surface area (Å²) in [5.74, 6) is -0.0686. The zero-order valence-corrected chi connectivity index (χ0v) is 27.8. The number of nitrogens with zero attached hydrogens (tertiary/aromatic N) is 5. The van der Waals surface area contributed by atoms with Gasteiger partial charge in [0.2, 0.25) is 0 Å². The lowest BCUT2D eigenvalue weighted by Crippen LogP contribution is -2.43. The third kappa shape index (κ3) is 9.99.